The Morgan fingerprint density at radius 3 is 2.96 bits per heavy atom. The van der Waals surface area contributed by atoms with Gasteiger partial charge in [0.2, 0.25) is 5.91 Å². The molecule has 2 rings (SSSR count). The molecule has 0 spiro atoms. The van der Waals surface area contributed by atoms with Crippen LogP contribution in [0.25, 0.3) is 0 Å². The van der Waals surface area contributed by atoms with Crippen molar-refractivity contribution in [3.05, 3.63) is 29.8 Å². The third kappa shape index (κ3) is 5.68. The number of morpholine rings is 1. The molecule has 0 saturated carbocycles. The molecule has 8 heteroatoms. The summed E-state index contributed by atoms with van der Waals surface area (Å²) in [5.41, 5.74) is 0.813. The molecule has 1 atom stereocenters. The van der Waals surface area contributed by atoms with Gasteiger partial charge in [-0.3, -0.25) is 9.69 Å². The fourth-order valence-corrected chi connectivity index (χ4v) is 2.52. The number of alkyl halides is 3. The van der Waals surface area contributed by atoms with E-state index in [4.69, 9.17) is 9.47 Å². The van der Waals surface area contributed by atoms with Crippen molar-refractivity contribution in [3.8, 4) is 5.75 Å². The number of nitrogens with one attached hydrogen (secondary N) is 1. The maximum atomic E-state index is 12.6. The molecule has 1 N–H and O–H groups in total. The Hall–Kier alpha value is -1.80. The van der Waals surface area contributed by atoms with E-state index in [1.165, 1.54) is 0 Å². The van der Waals surface area contributed by atoms with Crippen molar-refractivity contribution in [1.29, 1.82) is 0 Å². The Bertz CT molecular complexity index is 552. The molecule has 1 saturated heterocycles. The van der Waals surface area contributed by atoms with E-state index < -0.39 is 24.7 Å². The van der Waals surface area contributed by atoms with Gasteiger partial charge < -0.3 is 14.8 Å². The fourth-order valence-electron chi connectivity index (χ4n) is 2.52. The Morgan fingerprint density at radius 1 is 1.46 bits per heavy atom. The molecule has 1 aliphatic rings. The molecule has 134 valence electrons. The fraction of sp³-hybridized carbons (Fsp3) is 0.562. The minimum Gasteiger partial charge on any atom is -0.494 e. The van der Waals surface area contributed by atoms with Gasteiger partial charge in [0.1, 0.15) is 11.8 Å². The molecule has 0 aromatic heterocycles. The van der Waals surface area contributed by atoms with Gasteiger partial charge in [0.15, 0.2) is 0 Å². The van der Waals surface area contributed by atoms with E-state index in [0.29, 0.717) is 12.4 Å². The summed E-state index contributed by atoms with van der Waals surface area (Å²) in [6, 6.07) is 6.26. The lowest BCUT2D eigenvalue weighted by atomic mass is 10.2. The Kier molecular flexibility index (Phi) is 6.44. The molecule has 0 aliphatic carbocycles. The van der Waals surface area contributed by atoms with Crippen LogP contribution >= 0.6 is 0 Å². The summed E-state index contributed by atoms with van der Waals surface area (Å²) in [6.07, 6.45) is -4.35. The first kappa shape index (κ1) is 18.5. The first-order valence-electron chi connectivity index (χ1n) is 7.77. The summed E-state index contributed by atoms with van der Waals surface area (Å²) in [6.45, 7) is 1.73. The maximum Gasteiger partial charge on any atom is 0.401 e. The van der Waals surface area contributed by atoms with Gasteiger partial charge in [-0.25, -0.2) is 0 Å². The molecule has 1 fully saturated rings. The van der Waals surface area contributed by atoms with Crippen molar-refractivity contribution in [2.24, 2.45) is 0 Å². The van der Waals surface area contributed by atoms with Crippen LogP contribution in [0.2, 0.25) is 0 Å². The average molecular weight is 346 g/mol. The molecule has 1 aromatic carbocycles. The van der Waals surface area contributed by atoms with Gasteiger partial charge in [-0.2, -0.15) is 13.2 Å². The van der Waals surface area contributed by atoms with Crippen LogP contribution < -0.4 is 10.1 Å². The first-order valence-corrected chi connectivity index (χ1v) is 7.77. The summed E-state index contributed by atoms with van der Waals surface area (Å²) in [4.78, 5) is 13.4. The van der Waals surface area contributed by atoms with Gasteiger partial charge in [-0.15, -0.1) is 0 Å². The minimum atomic E-state index is -4.35. The molecular formula is C16H21F3N2O3. The molecule has 0 bridgehead atoms. The number of benzene rings is 1. The number of rotatable bonds is 6. The molecule has 24 heavy (non-hydrogen) atoms. The predicted molar refractivity (Wildman–Crippen MR) is 81.7 cm³/mol. The van der Waals surface area contributed by atoms with Crippen LogP contribution in [0.15, 0.2) is 24.3 Å². The molecule has 1 amide bonds. The zero-order valence-corrected chi connectivity index (χ0v) is 13.4. The topological polar surface area (TPSA) is 50.8 Å². The van der Waals surface area contributed by atoms with Crippen molar-refractivity contribution in [1.82, 2.24) is 10.2 Å². The van der Waals surface area contributed by atoms with Crippen molar-refractivity contribution < 1.29 is 27.4 Å². The normalized spacial score (nSPS) is 19.1. The van der Waals surface area contributed by atoms with Crippen molar-refractivity contribution >= 4 is 5.91 Å². The van der Waals surface area contributed by atoms with Gasteiger partial charge in [0, 0.05) is 13.1 Å². The number of hydrogen-bond acceptors (Lipinski definition) is 4. The molecule has 0 radical (unpaired) electrons. The highest BCUT2D eigenvalue weighted by atomic mass is 19.4. The van der Waals surface area contributed by atoms with E-state index in [1.807, 2.05) is 13.0 Å². The summed E-state index contributed by atoms with van der Waals surface area (Å²) in [5.74, 6) is 0.213. The zero-order valence-electron chi connectivity index (χ0n) is 13.4. The van der Waals surface area contributed by atoms with E-state index in [-0.39, 0.29) is 26.3 Å². The van der Waals surface area contributed by atoms with Gasteiger partial charge in [0.25, 0.3) is 0 Å². The summed E-state index contributed by atoms with van der Waals surface area (Å²) >= 11 is 0. The van der Waals surface area contributed by atoms with Crippen molar-refractivity contribution in [2.45, 2.75) is 25.7 Å². The lowest BCUT2D eigenvalue weighted by molar-refractivity contribution is -0.166. The van der Waals surface area contributed by atoms with Crippen molar-refractivity contribution in [2.75, 3.05) is 32.9 Å². The minimum absolute atomic E-state index is 0.0408. The Labute approximate surface area is 138 Å². The van der Waals surface area contributed by atoms with E-state index >= 15 is 0 Å². The van der Waals surface area contributed by atoms with Crippen molar-refractivity contribution in [3.63, 3.8) is 0 Å². The number of hydrogen-bond donors (Lipinski definition) is 1. The number of halogens is 3. The Morgan fingerprint density at radius 2 is 2.25 bits per heavy atom. The standard InChI is InChI=1S/C16H21F3N2O3/c1-2-24-13-5-3-4-12(8-13)9-20-15(22)14-10-23-7-6-21(14)11-16(17,18)19/h3-5,8,14H,2,6-7,9-11H2,1H3,(H,20,22)/t14-/m0/s1. The van der Waals surface area contributed by atoms with Crippen LogP contribution in [0.1, 0.15) is 12.5 Å². The van der Waals surface area contributed by atoms with Gasteiger partial charge in [-0.05, 0) is 24.6 Å². The van der Waals surface area contributed by atoms with Crippen LogP contribution in [0, 0.1) is 0 Å². The number of carbonyl (C=O) groups excluding carboxylic acids is 1. The molecule has 5 nitrogen and oxygen atoms in total. The second kappa shape index (κ2) is 8.34. The maximum absolute atomic E-state index is 12.6. The summed E-state index contributed by atoms with van der Waals surface area (Å²) in [7, 11) is 0. The molecular weight excluding hydrogens is 325 g/mol. The highest BCUT2D eigenvalue weighted by Crippen LogP contribution is 2.20. The summed E-state index contributed by atoms with van der Waals surface area (Å²) < 4.78 is 48.4. The summed E-state index contributed by atoms with van der Waals surface area (Å²) in [5, 5.41) is 2.67. The molecule has 1 heterocycles. The average Bonchev–Trinajstić information content (AvgIpc) is 2.52. The third-order valence-corrected chi connectivity index (χ3v) is 3.60. The highest BCUT2D eigenvalue weighted by molar-refractivity contribution is 5.82. The highest BCUT2D eigenvalue weighted by Gasteiger charge is 2.38. The lowest BCUT2D eigenvalue weighted by Crippen LogP contribution is -2.55. The van der Waals surface area contributed by atoms with Gasteiger partial charge >= 0.3 is 6.18 Å². The van der Waals surface area contributed by atoms with Crippen LogP contribution in [0.3, 0.4) is 0 Å². The van der Waals surface area contributed by atoms with Crippen LogP contribution in [0.4, 0.5) is 13.2 Å². The largest absolute Gasteiger partial charge is 0.494 e. The van der Waals surface area contributed by atoms with Gasteiger partial charge in [0.05, 0.1) is 26.4 Å². The first-order chi connectivity index (χ1) is 11.4. The van der Waals surface area contributed by atoms with E-state index in [0.717, 1.165) is 10.5 Å². The van der Waals surface area contributed by atoms with Crippen LogP contribution in [-0.4, -0.2) is 55.9 Å². The lowest BCUT2D eigenvalue weighted by Gasteiger charge is -2.34. The monoisotopic (exact) mass is 346 g/mol. The second-order valence-electron chi connectivity index (χ2n) is 5.47. The number of carbonyl (C=O) groups is 1. The molecule has 0 unspecified atom stereocenters. The van der Waals surface area contributed by atoms with Crippen LogP contribution in [-0.2, 0) is 16.1 Å². The smallest absolute Gasteiger partial charge is 0.401 e. The predicted octanol–water partition coefficient (Wildman–Crippen LogP) is 1.96. The quantitative estimate of drug-likeness (QED) is 0.856. The van der Waals surface area contributed by atoms with E-state index in [1.54, 1.807) is 18.2 Å². The SMILES string of the molecule is CCOc1cccc(CNC(=O)[C@@H]2COCCN2CC(F)(F)F)c1. The number of amides is 1. The number of ether oxygens (including phenoxy) is 2. The molecule has 1 aromatic rings. The zero-order chi connectivity index (χ0) is 17.6. The second-order valence-corrected chi connectivity index (χ2v) is 5.47. The Balaban J connectivity index is 1.93. The third-order valence-electron chi connectivity index (χ3n) is 3.60. The number of nitrogens with zero attached hydrogens (tertiary/aromatic N) is 1. The van der Waals surface area contributed by atoms with E-state index in [9.17, 15) is 18.0 Å². The van der Waals surface area contributed by atoms with Crippen LogP contribution in [0.5, 0.6) is 5.75 Å². The van der Waals surface area contributed by atoms with E-state index in [2.05, 4.69) is 5.32 Å². The van der Waals surface area contributed by atoms with Gasteiger partial charge in [-0.1, -0.05) is 12.1 Å². The molecule has 1 aliphatic heterocycles.